The van der Waals surface area contributed by atoms with E-state index in [1.807, 2.05) is 12.1 Å². The third-order valence-electron chi connectivity index (χ3n) is 4.05. The Labute approximate surface area is 130 Å². The first-order valence-electron chi connectivity index (χ1n) is 7.42. The molecule has 0 aliphatic carbocycles. The molecule has 1 aliphatic heterocycles. The molecule has 3 rings (SSSR count). The average molecular weight is 297 g/mol. The van der Waals surface area contributed by atoms with Gasteiger partial charge in [0.2, 0.25) is 0 Å². The SMILES string of the molecule is CC1=CC(C)(C)Nc2ccc(-c3ccc(F)cc3)c(CO)c21. The van der Waals surface area contributed by atoms with Gasteiger partial charge in [-0.25, -0.2) is 4.39 Å². The van der Waals surface area contributed by atoms with Crippen LogP contribution in [-0.4, -0.2) is 10.6 Å². The van der Waals surface area contributed by atoms with E-state index in [0.29, 0.717) is 0 Å². The maximum atomic E-state index is 13.1. The second kappa shape index (κ2) is 5.25. The third-order valence-corrected chi connectivity index (χ3v) is 4.05. The highest BCUT2D eigenvalue weighted by molar-refractivity contribution is 5.87. The summed E-state index contributed by atoms with van der Waals surface area (Å²) in [4.78, 5) is 0. The van der Waals surface area contributed by atoms with Crippen molar-refractivity contribution in [2.45, 2.75) is 32.9 Å². The van der Waals surface area contributed by atoms with Gasteiger partial charge in [-0.1, -0.05) is 24.3 Å². The summed E-state index contributed by atoms with van der Waals surface area (Å²) < 4.78 is 13.1. The molecule has 0 bridgehead atoms. The van der Waals surface area contributed by atoms with Crippen LogP contribution < -0.4 is 5.32 Å². The van der Waals surface area contributed by atoms with E-state index in [1.54, 1.807) is 12.1 Å². The molecule has 1 heterocycles. The standard InChI is InChI=1S/C19H20FNO/c1-12-10-19(2,3)21-17-9-8-15(16(11-22)18(12)17)13-4-6-14(20)7-5-13/h4-10,21-22H,11H2,1-3H3. The minimum absolute atomic E-state index is 0.0524. The number of fused-ring (bicyclic) bond motifs is 1. The fourth-order valence-electron chi connectivity index (χ4n) is 3.26. The monoisotopic (exact) mass is 297 g/mol. The van der Waals surface area contributed by atoms with Gasteiger partial charge in [-0.2, -0.15) is 0 Å². The molecule has 0 atom stereocenters. The van der Waals surface area contributed by atoms with Gasteiger partial charge in [0.15, 0.2) is 0 Å². The summed E-state index contributed by atoms with van der Waals surface area (Å²) >= 11 is 0. The Bertz CT molecular complexity index is 745. The van der Waals surface area contributed by atoms with E-state index < -0.39 is 0 Å². The summed E-state index contributed by atoms with van der Waals surface area (Å²) in [7, 11) is 0. The average Bonchev–Trinajstić information content (AvgIpc) is 2.45. The van der Waals surface area contributed by atoms with E-state index in [9.17, 15) is 9.50 Å². The number of aliphatic hydroxyl groups is 1. The molecular formula is C19H20FNO. The van der Waals surface area contributed by atoms with Crippen LogP contribution in [0.1, 0.15) is 31.9 Å². The molecule has 0 radical (unpaired) electrons. The lowest BCUT2D eigenvalue weighted by Crippen LogP contribution is -2.31. The molecule has 0 saturated carbocycles. The van der Waals surface area contributed by atoms with Crippen molar-refractivity contribution in [1.82, 2.24) is 0 Å². The van der Waals surface area contributed by atoms with E-state index >= 15 is 0 Å². The van der Waals surface area contributed by atoms with Gasteiger partial charge in [0.1, 0.15) is 5.82 Å². The molecule has 2 aromatic carbocycles. The Balaban J connectivity index is 2.20. The number of allylic oxidation sites excluding steroid dienone is 1. The maximum Gasteiger partial charge on any atom is 0.123 e. The molecule has 0 aromatic heterocycles. The molecule has 3 heteroatoms. The number of aliphatic hydroxyl groups excluding tert-OH is 1. The Morgan fingerprint density at radius 2 is 1.77 bits per heavy atom. The van der Waals surface area contributed by atoms with E-state index in [0.717, 1.165) is 33.5 Å². The molecule has 0 amide bonds. The van der Waals surface area contributed by atoms with Crippen LogP contribution in [0.2, 0.25) is 0 Å². The van der Waals surface area contributed by atoms with Crippen molar-refractivity contribution in [2.24, 2.45) is 0 Å². The molecule has 2 N–H and O–H groups in total. The van der Waals surface area contributed by atoms with Crippen LogP contribution in [0.5, 0.6) is 0 Å². The van der Waals surface area contributed by atoms with Crippen LogP contribution in [0, 0.1) is 5.82 Å². The van der Waals surface area contributed by atoms with Gasteiger partial charge < -0.3 is 10.4 Å². The lowest BCUT2D eigenvalue weighted by Gasteiger charge is -2.33. The van der Waals surface area contributed by atoms with E-state index in [1.165, 1.54) is 12.1 Å². The van der Waals surface area contributed by atoms with Crippen molar-refractivity contribution in [2.75, 3.05) is 5.32 Å². The minimum Gasteiger partial charge on any atom is -0.392 e. The Hall–Kier alpha value is -2.13. The topological polar surface area (TPSA) is 32.3 Å². The minimum atomic E-state index is -0.258. The lowest BCUT2D eigenvalue weighted by atomic mass is 9.85. The number of hydrogen-bond acceptors (Lipinski definition) is 2. The summed E-state index contributed by atoms with van der Waals surface area (Å²) in [6.07, 6.45) is 2.17. The summed E-state index contributed by atoms with van der Waals surface area (Å²) in [5.41, 5.74) is 5.83. The quantitative estimate of drug-likeness (QED) is 0.849. The number of nitrogens with one attached hydrogen (secondary N) is 1. The highest BCUT2D eigenvalue weighted by atomic mass is 19.1. The predicted molar refractivity (Wildman–Crippen MR) is 89.1 cm³/mol. The number of rotatable bonds is 2. The van der Waals surface area contributed by atoms with Gasteiger partial charge in [-0.05, 0) is 61.2 Å². The number of anilines is 1. The second-order valence-corrected chi connectivity index (χ2v) is 6.35. The number of halogens is 1. The van der Waals surface area contributed by atoms with Crippen molar-refractivity contribution in [3.63, 3.8) is 0 Å². The van der Waals surface area contributed by atoms with Gasteiger partial charge in [-0.3, -0.25) is 0 Å². The van der Waals surface area contributed by atoms with Gasteiger partial charge in [-0.15, -0.1) is 0 Å². The molecule has 0 spiro atoms. The highest BCUT2D eigenvalue weighted by Gasteiger charge is 2.25. The fraction of sp³-hybridized carbons (Fsp3) is 0.263. The summed E-state index contributed by atoms with van der Waals surface area (Å²) in [5, 5.41) is 13.4. The molecule has 0 saturated heterocycles. The first-order chi connectivity index (χ1) is 10.4. The second-order valence-electron chi connectivity index (χ2n) is 6.35. The van der Waals surface area contributed by atoms with Crippen molar-refractivity contribution < 1.29 is 9.50 Å². The van der Waals surface area contributed by atoms with Crippen molar-refractivity contribution in [1.29, 1.82) is 0 Å². The smallest absolute Gasteiger partial charge is 0.123 e. The van der Waals surface area contributed by atoms with E-state index in [4.69, 9.17) is 0 Å². The molecule has 0 fully saturated rings. The van der Waals surface area contributed by atoms with Crippen LogP contribution in [0.15, 0.2) is 42.5 Å². The predicted octanol–water partition coefficient (Wildman–Crippen LogP) is 4.59. The van der Waals surface area contributed by atoms with E-state index in [-0.39, 0.29) is 18.0 Å². The molecule has 2 nitrogen and oxygen atoms in total. The zero-order chi connectivity index (χ0) is 15.9. The first kappa shape index (κ1) is 14.8. The van der Waals surface area contributed by atoms with Gasteiger partial charge in [0.05, 0.1) is 12.1 Å². The summed E-state index contributed by atoms with van der Waals surface area (Å²) in [6.45, 7) is 6.25. The molecule has 1 aliphatic rings. The van der Waals surface area contributed by atoms with Crippen LogP contribution >= 0.6 is 0 Å². The molecule has 0 unspecified atom stereocenters. The van der Waals surface area contributed by atoms with Crippen LogP contribution in [0.3, 0.4) is 0 Å². The van der Waals surface area contributed by atoms with Gasteiger partial charge in [0.25, 0.3) is 0 Å². The van der Waals surface area contributed by atoms with Crippen LogP contribution in [0.4, 0.5) is 10.1 Å². The normalized spacial score (nSPS) is 15.8. The Kier molecular flexibility index (Phi) is 3.53. The largest absolute Gasteiger partial charge is 0.392 e. The molecular weight excluding hydrogens is 277 g/mol. The van der Waals surface area contributed by atoms with Crippen LogP contribution in [0.25, 0.3) is 16.7 Å². The molecule has 2 aromatic rings. The first-order valence-corrected chi connectivity index (χ1v) is 7.42. The number of benzene rings is 2. The third kappa shape index (κ3) is 2.53. The molecule has 114 valence electrons. The van der Waals surface area contributed by atoms with Crippen molar-refractivity contribution in [3.05, 3.63) is 59.4 Å². The van der Waals surface area contributed by atoms with E-state index in [2.05, 4.69) is 32.2 Å². The lowest BCUT2D eigenvalue weighted by molar-refractivity contribution is 0.282. The zero-order valence-corrected chi connectivity index (χ0v) is 13.1. The summed E-state index contributed by atoms with van der Waals surface area (Å²) in [6, 6.07) is 10.4. The highest BCUT2D eigenvalue weighted by Crippen LogP contribution is 2.40. The zero-order valence-electron chi connectivity index (χ0n) is 13.1. The Morgan fingerprint density at radius 3 is 2.41 bits per heavy atom. The van der Waals surface area contributed by atoms with Gasteiger partial charge in [0, 0.05) is 11.3 Å². The maximum absolute atomic E-state index is 13.1. The van der Waals surface area contributed by atoms with Crippen molar-refractivity contribution >= 4 is 11.3 Å². The molecule has 22 heavy (non-hydrogen) atoms. The van der Waals surface area contributed by atoms with Gasteiger partial charge >= 0.3 is 0 Å². The Morgan fingerprint density at radius 1 is 1.09 bits per heavy atom. The fourth-order valence-corrected chi connectivity index (χ4v) is 3.26. The van der Waals surface area contributed by atoms with Crippen molar-refractivity contribution in [3.8, 4) is 11.1 Å². The van der Waals surface area contributed by atoms with Crippen LogP contribution in [-0.2, 0) is 6.61 Å². The summed E-state index contributed by atoms with van der Waals surface area (Å²) in [5.74, 6) is -0.258. The number of hydrogen-bond donors (Lipinski definition) is 2.